The highest BCUT2D eigenvalue weighted by molar-refractivity contribution is 5.30. The van der Waals surface area contributed by atoms with E-state index in [4.69, 9.17) is 5.73 Å². The van der Waals surface area contributed by atoms with Crippen LogP contribution in [0, 0.1) is 5.92 Å². The molecule has 0 radical (unpaired) electrons. The second-order valence-corrected chi connectivity index (χ2v) is 4.60. The molecule has 0 unspecified atom stereocenters. The molecule has 88 valence electrons. The van der Waals surface area contributed by atoms with Gasteiger partial charge in [0.1, 0.15) is 0 Å². The molecule has 1 aromatic rings. The minimum absolute atomic E-state index is 0.657. The molecule has 1 aliphatic rings. The summed E-state index contributed by atoms with van der Waals surface area (Å²) in [7, 11) is 0. The van der Waals surface area contributed by atoms with Gasteiger partial charge in [0.05, 0.1) is 0 Å². The van der Waals surface area contributed by atoms with E-state index in [0.29, 0.717) is 6.54 Å². The van der Waals surface area contributed by atoms with Gasteiger partial charge in [-0.25, -0.2) is 9.97 Å². The summed E-state index contributed by atoms with van der Waals surface area (Å²) in [5.41, 5.74) is 6.61. The van der Waals surface area contributed by atoms with Gasteiger partial charge >= 0.3 is 0 Å². The monoisotopic (exact) mass is 220 g/mol. The van der Waals surface area contributed by atoms with Crippen LogP contribution >= 0.6 is 0 Å². The molecule has 1 aromatic heterocycles. The number of anilines is 1. The van der Waals surface area contributed by atoms with Crippen LogP contribution in [0.15, 0.2) is 12.4 Å². The summed E-state index contributed by atoms with van der Waals surface area (Å²) in [5.74, 6) is 1.71. The minimum atomic E-state index is 0.657. The van der Waals surface area contributed by atoms with Crippen LogP contribution in [0.1, 0.15) is 25.3 Å². The fraction of sp³-hybridized carbons (Fsp3) is 0.667. The Kier molecular flexibility index (Phi) is 3.72. The number of hydrogen-bond donors (Lipinski definition) is 1. The lowest BCUT2D eigenvalue weighted by molar-refractivity contribution is 0.434. The van der Waals surface area contributed by atoms with Crippen LogP contribution in [0.5, 0.6) is 0 Å². The normalized spacial score (nSPS) is 17.8. The second-order valence-electron chi connectivity index (χ2n) is 4.60. The largest absolute Gasteiger partial charge is 0.341 e. The summed E-state index contributed by atoms with van der Waals surface area (Å²) in [4.78, 5) is 11.1. The molecule has 4 heteroatoms. The second kappa shape index (κ2) is 5.25. The first-order valence-electron chi connectivity index (χ1n) is 6.05. The minimum Gasteiger partial charge on any atom is -0.341 e. The zero-order valence-corrected chi connectivity index (χ0v) is 9.89. The third kappa shape index (κ3) is 2.70. The molecule has 0 atom stereocenters. The van der Waals surface area contributed by atoms with Crippen molar-refractivity contribution in [1.29, 1.82) is 0 Å². The van der Waals surface area contributed by atoms with E-state index in [2.05, 4.69) is 21.8 Å². The lowest BCUT2D eigenvalue weighted by atomic mass is 10.00. The molecule has 2 N–H and O–H groups in total. The van der Waals surface area contributed by atoms with Crippen LogP contribution in [-0.2, 0) is 6.42 Å². The molecule has 0 aromatic carbocycles. The van der Waals surface area contributed by atoms with E-state index in [0.717, 1.165) is 36.9 Å². The summed E-state index contributed by atoms with van der Waals surface area (Å²) >= 11 is 0. The highest BCUT2D eigenvalue weighted by Gasteiger charge is 2.17. The molecule has 0 aliphatic carbocycles. The zero-order chi connectivity index (χ0) is 11.4. The van der Waals surface area contributed by atoms with E-state index in [1.54, 1.807) is 0 Å². The Morgan fingerprint density at radius 3 is 2.50 bits per heavy atom. The van der Waals surface area contributed by atoms with E-state index < -0.39 is 0 Å². The topological polar surface area (TPSA) is 55.0 Å². The molecule has 2 rings (SSSR count). The summed E-state index contributed by atoms with van der Waals surface area (Å²) in [6.07, 6.45) is 7.14. The van der Waals surface area contributed by atoms with E-state index in [9.17, 15) is 0 Å². The zero-order valence-electron chi connectivity index (χ0n) is 9.89. The summed E-state index contributed by atoms with van der Waals surface area (Å²) < 4.78 is 0. The summed E-state index contributed by atoms with van der Waals surface area (Å²) in [5, 5.41) is 0. The lowest BCUT2D eigenvalue weighted by Crippen LogP contribution is -2.34. The van der Waals surface area contributed by atoms with Crippen molar-refractivity contribution < 1.29 is 0 Å². The number of piperidine rings is 1. The van der Waals surface area contributed by atoms with Crippen molar-refractivity contribution in [1.82, 2.24) is 9.97 Å². The quantitative estimate of drug-likeness (QED) is 0.832. The van der Waals surface area contributed by atoms with Crippen LogP contribution in [0.2, 0.25) is 0 Å². The Bertz CT molecular complexity index is 314. The van der Waals surface area contributed by atoms with Gasteiger partial charge in [-0.05, 0) is 37.3 Å². The van der Waals surface area contributed by atoms with E-state index in [1.165, 1.54) is 12.8 Å². The van der Waals surface area contributed by atoms with Crippen molar-refractivity contribution >= 4 is 5.95 Å². The van der Waals surface area contributed by atoms with Crippen molar-refractivity contribution in [2.75, 3.05) is 24.5 Å². The maximum Gasteiger partial charge on any atom is 0.225 e. The van der Waals surface area contributed by atoms with Gasteiger partial charge < -0.3 is 10.6 Å². The first-order valence-corrected chi connectivity index (χ1v) is 6.05. The molecular weight excluding hydrogens is 200 g/mol. The van der Waals surface area contributed by atoms with Crippen molar-refractivity contribution in [3.8, 4) is 0 Å². The highest BCUT2D eigenvalue weighted by Crippen LogP contribution is 2.19. The Balaban J connectivity index is 1.98. The smallest absolute Gasteiger partial charge is 0.225 e. The maximum absolute atomic E-state index is 5.49. The maximum atomic E-state index is 5.49. The van der Waals surface area contributed by atoms with E-state index >= 15 is 0 Å². The molecule has 4 nitrogen and oxygen atoms in total. The van der Waals surface area contributed by atoms with Crippen LogP contribution < -0.4 is 10.6 Å². The van der Waals surface area contributed by atoms with Crippen LogP contribution in [0.25, 0.3) is 0 Å². The molecule has 1 saturated heterocycles. The molecule has 0 saturated carbocycles. The molecule has 16 heavy (non-hydrogen) atoms. The number of nitrogens with two attached hydrogens (primary N) is 1. The van der Waals surface area contributed by atoms with Gasteiger partial charge in [-0.15, -0.1) is 0 Å². The Morgan fingerprint density at radius 1 is 1.31 bits per heavy atom. The van der Waals surface area contributed by atoms with Crippen molar-refractivity contribution in [3.05, 3.63) is 18.0 Å². The Hall–Kier alpha value is -1.16. The number of rotatable bonds is 3. The lowest BCUT2D eigenvalue weighted by Gasteiger charge is -2.30. The van der Waals surface area contributed by atoms with Gasteiger partial charge in [0, 0.05) is 25.5 Å². The molecule has 2 heterocycles. The molecule has 0 amide bonds. The van der Waals surface area contributed by atoms with Gasteiger partial charge in [-0.2, -0.15) is 0 Å². The van der Waals surface area contributed by atoms with Crippen molar-refractivity contribution in [2.24, 2.45) is 11.7 Å². The first kappa shape index (κ1) is 11.3. The number of hydrogen-bond acceptors (Lipinski definition) is 4. The summed E-state index contributed by atoms with van der Waals surface area (Å²) in [6.45, 7) is 5.13. The standard InChI is InChI=1S/C12H20N4/c1-10-3-6-16(7-4-10)12-14-8-11(2-5-13)9-15-12/h8-10H,2-7,13H2,1H3. The molecule has 0 spiro atoms. The highest BCUT2D eigenvalue weighted by atomic mass is 15.2. The van der Waals surface area contributed by atoms with Gasteiger partial charge in [0.2, 0.25) is 5.95 Å². The average molecular weight is 220 g/mol. The average Bonchev–Trinajstić information content (AvgIpc) is 2.32. The third-order valence-electron chi connectivity index (χ3n) is 3.19. The molecule has 1 aliphatic heterocycles. The summed E-state index contributed by atoms with van der Waals surface area (Å²) in [6, 6.07) is 0. The SMILES string of the molecule is CC1CCN(c2ncc(CCN)cn2)CC1. The van der Waals surface area contributed by atoms with Crippen molar-refractivity contribution in [3.63, 3.8) is 0 Å². The molecular formula is C12H20N4. The van der Waals surface area contributed by atoms with Crippen LogP contribution in [0.4, 0.5) is 5.95 Å². The Labute approximate surface area is 96.9 Å². The fourth-order valence-electron chi connectivity index (χ4n) is 2.02. The van der Waals surface area contributed by atoms with E-state index in [-0.39, 0.29) is 0 Å². The van der Waals surface area contributed by atoms with Gasteiger partial charge in [-0.3, -0.25) is 0 Å². The van der Waals surface area contributed by atoms with Crippen LogP contribution in [-0.4, -0.2) is 29.6 Å². The molecule has 0 bridgehead atoms. The fourth-order valence-corrected chi connectivity index (χ4v) is 2.02. The first-order chi connectivity index (χ1) is 7.79. The van der Waals surface area contributed by atoms with Gasteiger partial charge in [0.25, 0.3) is 0 Å². The predicted octanol–water partition coefficient (Wildman–Crippen LogP) is 1.21. The number of aromatic nitrogens is 2. The van der Waals surface area contributed by atoms with Crippen molar-refractivity contribution in [2.45, 2.75) is 26.2 Å². The molecule has 1 fully saturated rings. The van der Waals surface area contributed by atoms with Gasteiger partial charge in [-0.1, -0.05) is 6.92 Å². The number of nitrogens with zero attached hydrogens (tertiary/aromatic N) is 3. The third-order valence-corrected chi connectivity index (χ3v) is 3.19. The van der Waals surface area contributed by atoms with Gasteiger partial charge in [0.15, 0.2) is 0 Å². The Morgan fingerprint density at radius 2 is 1.94 bits per heavy atom. The van der Waals surface area contributed by atoms with Crippen LogP contribution in [0.3, 0.4) is 0 Å². The predicted molar refractivity (Wildman–Crippen MR) is 65.4 cm³/mol. The van der Waals surface area contributed by atoms with E-state index in [1.807, 2.05) is 12.4 Å².